The molecule has 0 aliphatic carbocycles. The van der Waals surface area contributed by atoms with Crippen LogP contribution in [0.3, 0.4) is 0 Å². The van der Waals surface area contributed by atoms with Crippen LogP contribution in [0.1, 0.15) is 33.4 Å². The summed E-state index contributed by atoms with van der Waals surface area (Å²) in [5.74, 6) is 1.88. The van der Waals surface area contributed by atoms with E-state index in [0.717, 1.165) is 16.8 Å². The van der Waals surface area contributed by atoms with E-state index >= 15 is 0 Å². The van der Waals surface area contributed by atoms with Crippen LogP contribution in [0.25, 0.3) is 0 Å². The van der Waals surface area contributed by atoms with Crippen molar-refractivity contribution in [3.63, 3.8) is 0 Å². The predicted molar refractivity (Wildman–Crippen MR) is 141 cm³/mol. The van der Waals surface area contributed by atoms with Crippen LogP contribution in [-0.2, 0) is 30.6 Å². The highest BCUT2D eigenvalue weighted by Gasteiger charge is 2.56. The highest BCUT2D eigenvalue weighted by Crippen LogP contribution is 2.47. The van der Waals surface area contributed by atoms with Gasteiger partial charge in [0.2, 0.25) is 0 Å². The summed E-state index contributed by atoms with van der Waals surface area (Å²) in [6.45, 7) is 1.24. The number of aromatic nitrogens is 2. The van der Waals surface area contributed by atoms with E-state index in [9.17, 15) is 24.6 Å². The fraction of sp³-hybridized carbons (Fsp3) is 0.458. The van der Waals surface area contributed by atoms with Crippen molar-refractivity contribution in [2.24, 2.45) is 0 Å². The maximum atomic E-state index is 12.6. The third-order valence-electron chi connectivity index (χ3n) is 5.55. The molecule has 1 fully saturated rings. The lowest BCUT2D eigenvalue weighted by Gasteiger charge is -2.29. The molecule has 6 unspecified atom stereocenters. The first-order valence-electron chi connectivity index (χ1n) is 11.7. The monoisotopic (exact) mass is 567 g/mol. The number of H-pyrrole nitrogens is 1. The number of carbonyl (C=O) groups excluding carboxylic acids is 1. The Morgan fingerprint density at radius 1 is 1.34 bits per heavy atom. The van der Waals surface area contributed by atoms with Gasteiger partial charge in [-0.05, 0) is 44.2 Å². The smallest absolute Gasteiger partial charge is 0.330 e. The van der Waals surface area contributed by atoms with E-state index < -0.39 is 60.5 Å². The van der Waals surface area contributed by atoms with Crippen molar-refractivity contribution >= 4 is 24.4 Å². The number of hydrogen-bond acceptors (Lipinski definition) is 10. The number of para-hydroxylation sites is 1. The van der Waals surface area contributed by atoms with Crippen LogP contribution in [0.4, 0.5) is 0 Å². The number of aliphatic hydroxyl groups excluding tert-OH is 1. The van der Waals surface area contributed by atoms with Crippen molar-refractivity contribution in [1.82, 2.24) is 14.6 Å². The highest BCUT2D eigenvalue weighted by molar-refractivity contribution is 8.09. The van der Waals surface area contributed by atoms with Gasteiger partial charge < -0.3 is 28.7 Å². The highest BCUT2D eigenvalue weighted by atomic mass is 32.5. The summed E-state index contributed by atoms with van der Waals surface area (Å²) in [5, 5.41) is 24.8. The summed E-state index contributed by atoms with van der Waals surface area (Å²) in [4.78, 5) is 38.4. The van der Waals surface area contributed by atoms with Crippen LogP contribution < -0.4 is 20.9 Å². The van der Waals surface area contributed by atoms with E-state index in [4.69, 9.17) is 36.8 Å². The van der Waals surface area contributed by atoms with Crippen LogP contribution in [0.15, 0.2) is 52.2 Å². The number of nitrogens with one attached hydrogen (secondary N) is 2. The molecule has 6 atom stereocenters. The molecule has 14 heteroatoms. The molecule has 0 radical (unpaired) electrons. The van der Waals surface area contributed by atoms with Gasteiger partial charge in [-0.15, -0.1) is 6.42 Å². The van der Waals surface area contributed by atoms with Gasteiger partial charge in [-0.3, -0.25) is 19.1 Å². The predicted octanol–water partition coefficient (Wildman–Crippen LogP) is 0.799. The van der Waals surface area contributed by atoms with Gasteiger partial charge in [0, 0.05) is 12.3 Å². The van der Waals surface area contributed by atoms with Gasteiger partial charge in [0.05, 0.1) is 12.7 Å². The summed E-state index contributed by atoms with van der Waals surface area (Å²) in [5.41, 5.74) is -3.92. The summed E-state index contributed by atoms with van der Waals surface area (Å²) in [7, 11) is 0. The zero-order valence-corrected chi connectivity index (χ0v) is 22.7. The molecule has 1 aromatic carbocycles. The Labute approximate surface area is 224 Å². The summed E-state index contributed by atoms with van der Waals surface area (Å²) < 4.78 is 23.8. The molecule has 4 N–H and O–H groups in total. The molecule has 2 aromatic rings. The molecule has 0 bridgehead atoms. The van der Waals surface area contributed by atoms with Gasteiger partial charge in [-0.2, -0.15) is 0 Å². The number of rotatable bonds is 11. The second-order valence-electron chi connectivity index (χ2n) is 8.73. The standard InChI is InChI=1S/C24H30N3O9PS/c1-5-17(21(30)34-15(3)4)26-37(38,36-16-10-8-7-9-11-16)33-14-18-20(29)24(32,6-2)22(35-18)27-13-12-19(28)25-23(27)31/h2,7-13,15,17-18,20,22,29,32H,5,14H2,1,3-4H3,(H,26,38)(H,25,28,31). The Morgan fingerprint density at radius 2 is 2.03 bits per heavy atom. The molecule has 12 nitrogen and oxygen atoms in total. The molecule has 1 aliphatic rings. The second-order valence-corrected chi connectivity index (χ2v) is 11.9. The Bertz CT molecular complexity index is 1330. The zero-order valence-electron chi connectivity index (χ0n) is 21.0. The lowest BCUT2D eigenvalue weighted by Crippen LogP contribution is -2.48. The number of carbonyl (C=O) groups is 1. The molecule has 0 amide bonds. The van der Waals surface area contributed by atoms with Crippen molar-refractivity contribution in [3.8, 4) is 18.1 Å². The average molecular weight is 568 g/mol. The van der Waals surface area contributed by atoms with E-state index in [0.29, 0.717) is 12.2 Å². The molecule has 2 heterocycles. The quantitative estimate of drug-likeness (QED) is 0.173. The van der Waals surface area contributed by atoms with Crippen LogP contribution >= 0.6 is 6.64 Å². The van der Waals surface area contributed by atoms with Crippen LogP contribution in [-0.4, -0.2) is 62.3 Å². The third-order valence-corrected chi connectivity index (χ3v) is 7.98. The summed E-state index contributed by atoms with van der Waals surface area (Å²) in [6.07, 6.45) is 1.99. The van der Waals surface area contributed by atoms with Gasteiger partial charge in [0.1, 0.15) is 24.0 Å². The number of hydrogen-bond donors (Lipinski definition) is 4. The molecule has 38 heavy (non-hydrogen) atoms. The minimum Gasteiger partial charge on any atom is -0.462 e. The summed E-state index contributed by atoms with van der Waals surface area (Å²) >= 11 is 5.69. The minimum absolute atomic E-state index is 0.308. The van der Waals surface area contributed by atoms with Gasteiger partial charge in [0.15, 0.2) is 11.8 Å². The SMILES string of the molecule is C#CC1(O)C(O)C(COP(=S)(NC(CC)C(=O)OC(C)C)Oc2ccccc2)OC1n1ccc(=O)[nH]c1=O. The van der Waals surface area contributed by atoms with Crippen molar-refractivity contribution in [2.45, 2.75) is 63.4 Å². The fourth-order valence-electron chi connectivity index (χ4n) is 3.65. The molecular weight excluding hydrogens is 537 g/mol. The van der Waals surface area contributed by atoms with Crippen LogP contribution in [0.2, 0.25) is 0 Å². The van der Waals surface area contributed by atoms with Crippen molar-refractivity contribution < 1.29 is 33.5 Å². The minimum atomic E-state index is -3.51. The maximum Gasteiger partial charge on any atom is 0.330 e. The first-order valence-corrected chi connectivity index (χ1v) is 14.4. The Balaban J connectivity index is 1.86. The maximum absolute atomic E-state index is 12.6. The van der Waals surface area contributed by atoms with Crippen molar-refractivity contribution in [1.29, 1.82) is 0 Å². The number of aromatic amines is 1. The molecule has 1 aromatic heterocycles. The van der Waals surface area contributed by atoms with E-state index in [2.05, 4.69) is 11.0 Å². The lowest BCUT2D eigenvalue weighted by molar-refractivity contribution is -0.149. The largest absolute Gasteiger partial charge is 0.462 e. The average Bonchev–Trinajstić information content (AvgIpc) is 3.12. The van der Waals surface area contributed by atoms with Crippen molar-refractivity contribution in [3.05, 3.63) is 63.4 Å². The number of ether oxygens (including phenoxy) is 2. The Hall–Kier alpha value is -2.82. The first-order chi connectivity index (χ1) is 17.9. The topological polar surface area (TPSA) is 161 Å². The molecule has 0 saturated carbocycles. The fourth-order valence-corrected chi connectivity index (χ4v) is 6.06. The number of terminal acetylenes is 1. The summed E-state index contributed by atoms with van der Waals surface area (Å²) in [6, 6.07) is 8.70. The van der Waals surface area contributed by atoms with Crippen molar-refractivity contribution in [2.75, 3.05) is 6.61 Å². The van der Waals surface area contributed by atoms with Gasteiger partial charge in [-0.1, -0.05) is 31.0 Å². The Morgan fingerprint density at radius 3 is 2.61 bits per heavy atom. The first kappa shape index (κ1) is 29.7. The van der Waals surface area contributed by atoms with E-state index in [1.54, 1.807) is 51.1 Å². The lowest BCUT2D eigenvalue weighted by atomic mass is 9.95. The van der Waals surface area contributed by atoms with E-state index in [1.807, 2.05) is 4.98 Å². The molecular formula is C24H30N3O9PS. The van der Waals surface area contributed by atoms with E-state index in [1.165, 1.54) is 0 Å². The van der Waals surface area contributed by atoms with Gasteiger partial charge in [-0.25, -0.2) is 9.88 Å². The molecule has 1 saturated heterocycles. The molecule has 206 valence electrons. The third kappa shape index (κ3) is 6.78. The Kier molecular flexibility index (Phi) is 9.67. The van der Waals surface area contributed by atoms with Gasteiger partial charge >= 0.3 is 18.3 Å². The van der Waals surface area contributed by atoms with Crippen LogP contribution in [0, 0.1) is 12.3 Å². The normalized spacial score (nSPS) is 25.3. The number of nitrogens with zero attached hydrogens (tertiary/aromatic N) is 1. The van der Waals surface area contributed by atoms with E-state index in [-0.39, 0.29) is 6.10 Å². The number of esters is 1. The number of aliphatic hydroxyl groups is 2. The number of benzene rings is 1. The second kappa shape index (κ2) is 12.4. The molecule has 0 spiro atoms. The zero-order chi connectivity index (χ0) is 28.1. The van der Waals surface area contributed by atoms with Crippen LogP contribution in [0.5, 0.6) is 5.75 Å². The van der Waals surface area contributed by atoms with Gasteiger partial charge in [0.25, 0.3) is 5.56 Å². The molecule has 3 rings (SSSR count). The molecule has 1 aliphatic heterocycles.